The quantitative estimate of drug-likeness (QED) is 0.881. The summed E-state index contributed by atoms with van der Waals surface area (Å²) < 4.78 is 19.5. The van der Waals surface area contributed by atoms with Crippen LogP contribution in [0.5, 0.6) is 0 Å². The lowest BCUT2D eigenvalue weighted by Crippen LogP contribution is -2.46. The third-order valence-corrected chi connectivity index (χ3v) is 4.30. The van der Waals surface area contributed by atoms with Crippen LogP contribution in [0, 0.1) is 11.7 Å². The van der Waals surface area contributed by atoms with Crippen LogP contribution < -0.4 is 5.32 Å². The first-order chi connectivity index (χ1) is 10.6. The third kappa shape index (κ3) is 3.64. The summed E-state index contributed by atoms with van der Waals surface area (Å²) >= 11 is 5.78. The second kappa shape index (κ2) is 6.45. The number of rotatable bonds is 4. The average Bonchev–Trinajstić information content (AvgIpc) is 2.83. The number of carbonyl (C=O) groups is 2. The van der Waals surface area contributed by atoms with Crippen molar-refractivity contribution in [2.24, 2.45) is 5.92 Å². The predicted molar refractivity (Wildman–Crippen MR) is 82.7 cm³/mol. The van der Waals surface area contributed by atoms with Crippen LogP contribution in [0.15, 0.2) is 18.2 Å². The fourth-order valence-electron chi connectivity index (χ4n) is 2.74. The minimum absolute atomic E-state index is 0.0264. The Hall–Kier alpha value is -1.66. The van der Waals surface area contributed by atoms with Crippen molar-refractivity contribution in [3.8, 4) is 0 Å². The molecule has 1 heterocycles. The monoisotopic (exact) mass is 343 g/mol. The van der Waals surface area contributed by atoms with Gasteiger partial charge in [-0.3, -0.25) is 4.79 Å². The molecule has 23 heavy (non-hydrogen) atoms. The molecule has 0 aliphatic carbocycles. The van der Waals surface area contributed by atoms with Crippen LogP contribution in [-0.4, -0.2) is 29.2 Å². The topological polar surface area (TPSA) is 75.6 Å². The summed E-state index contributed by atoms with van der Waals surface area (Å²) in [6.07, 6.45) is -1.57. The van der Waals surface area contributed by atoms with Gasteiger partial charge in [0.25, 0.3) is 0 Å². The van der Waals surface area contributed by atoms with E-state index >= 15 is 0 Å². The zero-order valence-corrected chi connectivity index (χ0v) is 13.9. The highest BCUT2D eigenvalue weighted by Crippen LogP contribution is 2.30. The van der Waals surface area contributed by atoms with E-state index in [9.17, 15) is 14.0 Å². The molecule has 2 rings (SSSR count). The molecule has 3 atom stereocenters. The average molecular weight is 344 g/mol. The Bertz CT molecular complexity index is 635. The summed E-state index contributed by atoms with van der Waals surface area (Å²) in [5.74, 6) is -2.42. The lowest BCUT2D eigenvalue weighted by molar-refractivity contribution is -0.153. The van der Waals surface area contributed by atoms with Crippen LogP contribution in [-0.2, 0) is 19.9 Å². The fraction of sp³-hybridized carbons (Fsp3) is 0.500. The first kappa shape index (κ1) is 17.7. The number of carboxylic acid groups (broad SMARTS) is 1. The minimum Gasteiger partial charge on any atom is -0.479 e. The molecule has 7 heteroatoms. The SMILES string of the molecule is C[C@@H]1C[C@H](C(=O)NC(C)(C)c2cccc(Cl)c2F)O[C@H]1C(=O)O. The zero-order chi connectivity index (χ0) is 17.4. The summed E-state index contributed by atoms with van der Waals surface area (Å²) in [6, 6.07) is 4.57. The summed E-state index contributed by atoms with van der Waals surface area (Å²) in [5, 5.41) is 11.7. The van der Waals surface area contributed by atoms with Gasteiger partial charge in [-0.05, 0) is 32.3 Å². The lowest BCUT2D eigenvalue weighted by atomic mass is 9.93. The van der Waals surface area contributed by atoms with Crippen LogP contribution in [0.3, 0.4) is 0 Å². The van der Waals surface area contributed by atoms with Crippen molar-refractivity contribution >= 4 is 23.5 Å². The molecule has 1 aromatic rings. The van der Waals surface area contributed by atoms with Gasteiger partial charge in [0.1, 0.15) is 11.9 Å². The van der Waals surface area contributed by atoms with Gasteiger partial charge in [0.15, 0.2) is 6.10 Å². The van der Waals surface area contributed by atoms with Gasteiger partial charge in [0.2, 0.25) is 5.91 Å². The number of carboxylic acids is 1. The van der Waals surface area contributed by atoms with Crippen LogP contribution in [0.4, 0.5) is 4.39 Å². The van der Waals surface area contributed by atoms with Crippen LogP contribution in [0.2, 0.25) is 5.02 Å². The molecule has 0 aromatic heterocycles. The van der Waals surface area contributed by atoms with E-state index in [1.54, 1.807) is 32.9 Å². The Kier molecular flexibility index (Phi) is 4.96. The summed E-state index contributed by atoms with van der Waals surface area (Å²) in [7, 11) is 0. The van der Waals surface area contributed by atoms with Crippen molar-refractivity contribution in [3.05, 3.63) is 34.6 Å². The summed E-state index contributed by atoms with van der Waals surface area (Å²) in [4.78, 5) is 23.4. The molecule has 1 aliphatic heterocycles. The van der Waals surface area contributed by atoms with E-state index in [4.69, 9.17) is 21.4 Å². The van der Waals surface area contributed by atoms with Crippen LogP contribution in [0.1, 0.15) is 32.8 Å². The number of carbonyl (C=O) groups excluding carboxylic acids is 1. The first-order valence-corrected chi connectivity index (χ1v) is 7.66. The maximum Gasteiger partial charge on any atom is 0.333 e. The fourth-order valence-corrected chi connectivity index (χ4v) is 2.92. The molecular weight excluding hydrogens is 325 g/mol. The van der Waals surface area contributed by atoms with Crippen molar-refractivity contribution < 1.29 is 23.8 Å². The van der Waals surface area contributed by atoms with E-state index < -0.39 is 35.4 Å². The van der Waals surface area contributed by atoms with E-state index in [1.165, 1.54) is 6.07 Å². The van der Waals surface area contributed by atoms with Crippen molar-refractivity contribution in [2.45, 2.75) is 44.9 Å². The number of aliphatic carboxylic acids is 1. The first-order valence-electron chi connectivity index (χ1n) is 7.28. The highest BCUT2D eigenvalue weighted by atomic mass is 35.5. The molecule has 1 aromatic carbocycles. The van der Waals surface area contributed by atoms with Gasteiger partial charge >= 0.3 is 5.97 Å². The Balaban J connectivity index is 2.13. The van der Waals surface area contributed by atoms with E-state index in [0.717, 1.165) is 0 Å². The molecule has 1 fully saturated rings. The van der Waals surface area contributed by atoms with Gasteiger partial charge in [-0.25, -0.2) is 9.18 Å². The predicted octanol–water partition coefficient (Wildman–Crippen LogP) is 2.71. The molecule has 1 saturated heterocycles. The Morgan fingerprint density at radius 1 is 1.43 bits per heavy atom. The number of amides is 1. The van der Waals surface area contributed by atoms with Crippen molar-refractivity contribution in [1.82, 2.24) is 5.32 Å². The summed E-state index contributed by atoms with van der Waals surface area (Å²) in [5.41, 5.74) is -0.765. The normalized spacial score (nSPS) is 24.5. The molecule has 1 amide bonds. The van der Waals surface area contributed by atoms with Gasteiger partial charge < -0.3 is 15.2 Å². The molecule has 0 saturated carbocycles. The molecular formula is C16H19ClFNO4. The second-order valence-corrected chi connectivity index (χ2v) is 6.72. The van der Waals surface area contributed by atoms with E-state index in [0.29, 0.717) is 6.42 Å². The molecule has 126 valence electrons. The van der Waals surface area contributed by atoms with Gasteiger partial charge in [-0.2, -0.15) is 0 Å². The zero-order valence-electron chi connectivity index (χ0n) is 13.1. The highest BCUT2D eigenvalue weighted by Gasteiger charge is 2.41. The Morgan fingerprint density at radius 2 is 2.09 bits per heavy atom. The van der Waals surface area contributed by atoms with Crippen molar-refractivity contribution in [3.63, 3.8) is 0 Å². The van der Waals surface area contributed by atoms with Crippen molar-refractivity contribution in [1.29, 1.82) is 0 Å². The minimum atomic E-state index is -1.09. The van der Waals surface area contributed by atoms with Crippen molar-refractivity contribution in [2.75, 3.05) is 0 Å². The smallest absolute Gasteiger partial charge is 0.333 e. The van der Waals surface area contributed by atoms with Gasteiger partial charge in [-0.1, -0.05) is 30.7 Å². The number of hydrogen-bond donors (Lipinski definition) is 2. The van der Waals surface area contributed by atoms with E-state index in [-0.39, 0.29) is 16.5 Å². The Labute approximate surface area is 138 Å². The number of nitrogens with one attached hydrogen (secondary N) is 1. The largest absolute Gasteiger partial charge is 0.479 e. The number of ether oxygens (including phenoxy) is 1. The van der Waals surface area contributed by atoms with Crippen LogP contribution >= 0.6 is 11.6 Å². The molecule has 2 N–H and O–H groups in total. The summed E-state index contributed by atoms with van der Waals surface area (Å²) in [6.45, 7) is 5.01. The van der Waals surface area contributed by atoms with Gasteiger partial charge in [0, 0.05) is 5.56 Å². The molecule has 0 radical (unpaired) electrons. The molecule has 0 unspecified atom stereocenters. The molecule has 0 bridgehead atoms. The molecule has 1 aliphatic rings. The maximum atomic E-state index is 14.2. The number of hydrogen-bond acceptors (Lipinski definition) is 3. The second-order valence-electron chi connectivity index (χ2n) is 6.31. The molecule has 5 nitrogen and oxygen atoms in total. The van der Waals surface area contributed by atoms with E-state index in [1.807, 2.05) is 0 Å². The number of benzene rings is 1. The maximum absolute atomic E-state index is 14.2. The highest BCUT2D eigenvalue weighted by molar-refractivity contribution is 6.30. The standard InChI is InChI=1S/C16H19ClFNO4/c1-8-7-11(23-13(8)15(21)22)14(20)19-16(2,3)9-5-4-6-10(17)12(9)18/h4-6,8,11,13H,7H2,1-3H3,(H,19,20)(H,21,22)/t8-,11-,13-/m1/s1. The number of halogens is 2. The van der Waals surface area contributed by atoms with E-state index in [2.05, 4.69) is 5.32 Å². The van der Waals surface area contributed by atoms with Crippen LogP contribution in [0.25, 0.3) is 0 Å². The lowest BCUT2D eigenvalue weighted by Gasteiger charge is -2.29. The Morgan fingerprint density at radius 3 is 2.65 bits per heavy atom. The van der Waals surface area contributed by atoms with Gasteiger partial charge in [-0.15, -0.1) is 0 Å². The molecule has 0 spiro atoms. The third-order valence-electron chi connectivity index (χ3n) is 4.01. The van der Waals surface area contributed by atoms with Gasteiger partial charge in [0.05, 0.1) is 10.6 Å².